The van der Waals surface area contributed by atoms with Crippen molar-refractivity contribution in [1.29, 1.82) is 0 Å². The third-order valence-electron chi connectivity index (χ3n) is 5.76. The molecule has 28 heavy (non-hydrogen) atoms. The van der Waals surface area contributed by atoms with Crippen LogP contribution in [0.15, 0.2) is 48.5 Å². The zero-order valence-electron chi connectivity index (χ0n) is 16.4. The van der Waals surface area contributed by atoms with Gasteiger partial charge in [0.2, 0.25) is 5.91 Å². The summed E-state index contributed by atoms with van der Waals surface area (Å²) in [6.45, 7) is 2.58. The van der Waals surface area contributed by atoms with Crippen molar-refractivity contribution in [3.8, 4) is 5.75 Å². The minimum absolute atomic E-state index is 0.0876. The molecule has 0 unspecified atom stereocenters. The third-order valence-corrected chi connectivity index (χ3v) is 5.76. The summed E-state index contributed by atoms with van der Waals surface area (Å²) < 4.78 is 11.1. The van der Waals surface area contributed by atoms with E-state index < -0.39 is 0 Å². The van der Waals surface area contributed by atoms with Crippen LogP contribution in [0.5, 0.6) is 5.75 Å². The number of carbonyl (C=O) groups excluding carboxylic acids is 1. The van der Waals surface area contributed by atoms with Crippen LogP contribution >= 0.6 is 0 Å². The van der Waals surface area contributed by atoms with E-state index in [1.165, 1.54) is 16.8 Å². The lowest BCUT2D eigenvalue weighted by molar-refractivity contribution is -0.125. The molecule has 1 saturated heterocycles. The van der Waals surface area contributed by atoms with Crippen molar-refractivity contribution in [2.45, 2.75) is 37.8 Å². The number of hydrogen-bond acceptors (Lipinski definition) is 4. The number of carbonyl (C=O) groups is 1. The molecule has 0 aromatic heterocycles. The molecule has 1 N–H and O–H groups in total. The summed E-state index contributed by atoms with van der Waals surface area (Å²) in [5, 5.41) is 3.22. The summed E-state index contributed by atoms with van der Waals surface area (Å²) >= 11 is 0. The number of nitrogens with zero attached hydrogens (tertiary/aromatic N) is 1. The van der Waals surface area contributed by atoms with Crippen LogP contribution in [0.3, 0.4) is 0 Å². The molecule has 1 atom stereocenters. The van der Waals surface area contributed by atoms with Crippen molar-refractivity contribution in [1.82, 2.24) is 5.32 Å². The van der Waals surface area contributed by atoms with Gasteiger partial charge in [0.25, 0.3) is 0 Å². The van der Waals surface area contributed by atoms with Gasteiger partial charge in [0.05, 0.1) is 26.2 Å². The second-order valence-corrected chi connectivity index (χ2v) is 7.54. The Morgan fingerprint density at radius 2 is 1.89 bits per heavy atom. The second-order valence-electron chi connectivity index (χ2n) is 7.54. The van der Waals surface area contributed by atoms with Crippen LogP contribution < -0.4 is 15.0 Å². The number of benzene rings is 2. The molecule has 2 aliphatic rings. The largest absolute Gasteiger partial charge is 0.497 e. The van der Waals surface area contributed by atoms with Gasteiger partial charge in [0, 0.05) is 24.8 Å². The van der Waals surface area contributed by atoms with Gasteiger partial charge in [-0.05, 0) is 54.7 Å². The molecule has 5 heteroatoms. The minimum Gasteiger partial charge on any atom is -0.497 e. The highest BCUT2D eigenvalue weighted by Gasteiger charge is 2.25. The van der Waals surface area contributed by atoms with Gasteiger partial charge in [0.15, 0.2) is 0 Å². The average molecular weight is 380 g/mol. The number of piperidine rings is 1. The maximum Gasteiger partial charge on any atom is 0.223 e. The summed E-state index contributed by atoms with van der Waals surface area (Å²) in [4.78, 5) is 15.0. The highest BCUT2D eigenvalue weighted by molar-refractivity contribution is 5.77. The molecule has 2 heterocycles. The summed E-state index contributed by atoms with van der Waals surface area (Å²) in [5.74, 6) is 0.960. The fourth-order valence-corrected chi connectivity index (χ4v) is 4.18. The first kappa shape index (κ1) is 18.8. The number of amides is 1. The number of fused-ring (bicyclic) bond motifs is 1. The molecule has 0 spiro atoms. The third kappa shape index (κ3) is 4.30. The van der Waals surface area contributed by atoms with E-state index >= 15 is 0 Å². The van der Waals surface area contributed by atoms with Gasteiger partial charge in [0.1, 0.15) is 5.75 Å². The fourth-order valence-electron chi connectivity index (χ4n) is 4.18. The molecule has 5 nitrogen and oxygen atoms in total. The quantitative estimate of drug-likeness (QED) is 0.863. The Kier molecular flexibility index (Phi) is 5.81. The Morgan fingerprint density at radius 3 is 2.64 bits per heavy atom. The smallest absolute Gasteiger partial charge is 0.223 e. The fraction of sp³-hybridized carbons (Fsp3) is 0.435. The van der Waals surface area contributed by atoms with E-state index in [9.17, 15) is 4.79 Å². The molecule has 2 aromatic carbocycles. The van der Waals surface area contributed by atoms with Crippen LogP contribution in [0.2, 0.25) is 0 Å². The van der Waals surface area contributed by atoms with Gasteiger partial charge in [-0.2, -0.15) is 0 Å². The average Bonchev–Trinajstić information content (AvgIpc) is 2.75. The summed E-state index contributed by atoms with van der Waals surface area (Å²) in [5.41, 5.74) is 3.68. The highest BCUT2D eigenvalue weighted by atomic mass is 16.5. The SMILES string of the molecule is COc1ccc(N2CCC(NC(=O)C[C@@H]3OCCc4ccccc43)CC2)cc1. The monoisotopic (exact) mass is 380 g/mol. The number of rotatable bonds is 5. The molecule has 2 aromatic rings. The van der Waals surface area contributed by atoms with E-state index in [-0.39, 0.29) is 18.1 Å². The number of hydrogen-bond donors (Lipinski definition) is 1. The van der Waals surface area contributed by atoms with Crippen LogP contribution in [-0.4, -0.2) is 38.8 Å². The molecule has 148 valence electrons. The maximum atomic E-state index is 12.6. The van der Waals surface area contributed by atoms with Gasteiger partial charge in [-0.1, -0.05) is 24.3 Å². The molecule has 1 amide bonds. The Balaban J connectivity index is 1.27. The first-order valence-corrected chi connectivity index (χ1v) is 10.1. The zero-order chi connectivity index (χ0) is 19.3. The van der Waals surface area contributed by atoms with Gasteiger partial charge >= 0.3 is 0 Å². The van der Waals surface area contributed by atoms with E-state index in [4.69, 9.17) is 9.47 Å². The molecule has 0 saturated carbocycles. The highest BCUT2D eigenvalue weighted by Crippen LogP contribution is 2.29. The molecule has 4 rings (SSSR count). The molecule has 2 aliphatic heterocycles. The zero-order valence-corrected chi connectivity index (χ0v) is 16.4. The molecule has 0 bridgehead atoms. The lowest BCUT2D eigenvalue weighted by Crippen LogP contribution is -2.45. The Morgan fingerprint density at radius 1 is 1.14 bits per heavy atom. The van der Waals surface area contributed by atoms with Crippen LogP contribution in [0.25, 0.3) is 0 Å². The van der Waals surface area contributed by atoms with E-state index in [0.717, 1.165) is 38.1 Å². The van der Waals surface area contributed by atoms with Crippen LogP contribution in [0.4, 0.5) is 5.69 Å². The van der Waals surface area contributed by atoms with Crippen LogP contribution in [0, 0.1) is 0 Å². The van der Waals surface area contributed by atoms with Crippen molar-refractivity contribution < 1.29 is 14.3 Å². The number of nitrogens with one attached hydrogen (secondary N) is 1. The first-order chi connectivity index (χ1) is 13.7. The van der Waals surface area contributed by atoms with Crippen LogP contribution in [0.1, 0.15) is 36.5 Å². The lowest BCUT2D eigenvalue weighted by Gasteiger charge is -2.34. The lowest BCUT2D eigenvalue weighted by atomic mass is 9.95. The standard InChI is InChI=1S/C23H28N2O3/c1-27-20-8-6-19(7-9-20)25-13-10-18(11-14-25)24-23(26)16-22-21-5-3-2-4-17(21)12-15-28-22/h2-9,18,22H,10-16H2,1H3,(H,24,26)/t22-/m0/s1. The van der Waals surface area contributed by atoms with Crippen molar-refractivity contribution >= 4 is 11.6 Å². The van der Waals surface area contributed by atoms with E-state index in [1.54, 1.807) is 7.11 Å². The van der Waals surface area contributed by atoms with Crippen molar-refractivity contribution in [3.05, 3.63) is 59.7 Å². The van der Waals surface area contributed by atoms with E-state index in [2.05, 4.69) is 40.5 Å². The number of anilines is 1. The number of methoxy groups -OCH3 is 1. The summed E-state index contributed by atoms with van der Waals surface area (Å²) in [6.07, 6.45) is 3.12. The van der Waals surface area contributed by atoms with Gasteiger partial charge in [-0.25, -0.2) is 0 Å². The Labute approximate surface area is 166 Å². The van der Waals surface area contributed by atoms with Crippen molar-refractivity contribution in [2.24, 2.45) is 0 Å². The Hall–Kier alpha value is -2.53. The van der Waals surface area contributed by atoms with E-state index in [0.29, 0.717) is 13.0 Å². The topological polar surface area (TPSA) is 50.8 Å². The Bertz CT molecular complexity index is 798. The summed E-state index contributed by atoms with van der Waals surface area (Å²) in [6, 6.07) is 16.7. The minimum atomic E-state index is -0.121. The van der Waals surface area contributed by atoms with E-state index in [1.807, 2.05) is 18.2 Å². The molecular weight excluding hydrogens is 352 g/mol. The second kappa shape index (κ2) is 8.65. The van der Waals surface area contributed by atoms with Crippen molar-refractivity contribution in [3.63, 3.8) is 0 Å². The first-order valence-electron chi connectivity index (χ1n) is 10.1. The van der Waals surface area contributed by atoms with Gasteiger partial charge in [-0.3, -0.25) is 4.79 Å². The predicted molar refractivity (Wildman–Crippen MR) is 110 cm³/mol. The molecule has 1 fully saturated rings. The molecule has 0 aliphatic carbocycles. The summed E-state index contributed by atoms with van der Waals surface area (Å²) in [7, 11) is 1.68. The molecule has 0 radical (unpaired) electrons. The van der Waals surface area contributed by atoms with Gasteiger partial charge in [-0.15, -0.1) is 0 Å². The van der Waals surface area contributed by atoms with Gasteiger partial charge < -0.3 is 19.7 Å². The number of ether oxygens (including phenoxy) is 2. The normalized spacial score (nSPS) is 19.8. The maximum absolute atomic E-state index is 12.6. The van der Waals surface area contributed by atoms with Crippen molar-refractivity contribution in [2.75, 3.05) is 31.7 Å². The van der Waals surface area contributed by atoms with Crippen LogP contribution in [-0.2, 0) is 16.0 Å². The predicted octanol–water partition coefficient (Wildman–Crippen LogP) is 3.48. The molecular formula is C23H28N2O3.